The molecule has 0 saturated heterocycles. The Morgan fingerprint density at radius 1 is 1.19 bits per heavy atom. The van der Waals surface area contributed by atoms with Gasteiger partial charge in [-0.25, -0.2) is 9.59 Å². The summed E-state index contributed by atoms with van der Waals surface area (Å²) < 4.78 is 9.81. The van der Waals surface area contributed by atoms with E-state index < -0.39 is 12.1 Å². The monoisotopic (exact) mass is 297 g/mol. The van der Waals surface area contributed by atoms with Crippen LogP contribution in [0, 0.1) is 17.8 Å². The Kier molecular flexibility index (Phi) is 7.26. The van der Waals surface area contributed by atoms with Gasteiger partial charge < -0.3 is 14.8 Å². The number of amides is 1. The van der Waals surface area contributed by atoms with Crippen molar-refractivity contribution in [1.82, 2.24) is 5.32 Å². The first-order chi connectivity index (χ1) is 9.93. The molecular weight excluding hydrogens is 270 g/mol. The van der Waals surface area contributed by atoms with Gasteiger partial charge in [0.2, 0.25) is 0 Å². The topological polar surface area (TPSA) is 64.6 Å². The van der Waals surface area contributed by atoms with Crippen LogP contribution >= 0.6 is 0 Å². The van der Waals surface area contributed by atoms with Crippen molar-refractivity contribution in [1.29, 1.82) is 0 Å². The number of alkyl carbamates (subject to hydrolysis) is 1. The molecule has 1 saturated carbocycles. The molecule has 3 unspecified atom stereocenters. The van der Waals surface area contributed by atoms with Gasteiger partial charge in [-0.05, 0) is 37.5 Å². The highest BCUT2D eigenvalue weighted by Gasteiger charge is 2.30. The maximum absolute atomic E-state index is 11.6. The maximum atomic E-state index is 11.6. The van der Waals surface area contributed by atoms with Crippen LogP contribution in [0.2, 0.25) is 0 Å². The lowest BCUT2D eigenvalue weighted by molar-refractivity contribution is -0.139. The van der Waals surface area contributed by atoms with Crippen LogP contribution in [-0.2, 0) is 14.3 Å². The predicted octanol–water partition coefficient (Wildman–Crippen LogP) is 2.90. The van der Waals surface area contributed by atoms with Gasteiger partial charge in [0.25, 0.3) is 0 Å². The highest BCUT2D eigenvalue weighted by molar-refractivity contribution is 5.86. The normalized spacial score (nSPS) is 24.4. The summed E-state index contributed by atoms with van der Waals surface area (Å²) in [5, 5.41) is 2.80. The van der Waals surface area contributed by atoms with Crippen molar-refractivity contribution in [2.75, 3.05) is 19.8 Å². The smallest absolute Gasteiger partial charge is 0.407 e. The SMILES string of the molecule is C=C(C)C(=O)OCCOC(=O)NCC1CC(C)CC1CC. The fourth-order valence-corrected chi connectivity index (χ4v) is 2.92. The Balaban J connectivity index is 2.14. The maximum Gasteiger partial charge on any atom is 0.407 e. The first kappa shape index (κ1) is 17.5. The largest absolute Gasteiger partial charge is 0.459 e. The number of rotatable bonds is 7. The van der Waals surface area contributed by atoms with Gasteiger partial charge in [-0.15, -0.1) is 0 Å². The molecule has 1 N–H and O–H groups in total. The quantitative estimate of drug-likeness (QED) is 0.446. The average molecular weight is 297 g/mol. The molecule has 0 radical (unpaired) electrons. The molecule has 1 aliphatic rings. The Labute approximate surface area is 127 Å². The fourth-order valence-electron chi connectivity index (χ4n) is 2.92. The van der Waals surface area contributed by atoms with Gasteiger partial charge in [0, 0.05) is 12.1 Å². The minimum atomic E-state index is -0.468. The Bertz CT molecular complexity index is 380. The van der Waals surface area contributed by atoms with E-state index in [-0.39, 0.29) is 13.2 Å². The Hall–Kier alpha value is -1.52. The molecule has 0 aromatic carbocycles. The molecule has 21 heavy (non-hydrogen) atoms. The molecule has 120 valence electrons. The third-order valence-corrected chi connectivity index (χ3v) is 4.01. The molecule has 5 heteroatoms. The number of carbonyl (C=O) groups excluding carboxylic acids is 2. The predicted molar refractivity (Wildman–Crippen MR) is 80.8 cm³/mol. The van der Waals surface area contributed by atoms with E-state index in [1.54, 1.807) is 6.92 Å². The molecule has 1 aliphatic carbocycles. The first-order valence-corrected chi connectivity index (χ1v) is 7.67. The van der Waals surface area contributed by atoms with Crippen molar-refractivity contribution in [2.45, 2.75) is 40.0 Å². The van der Waals surface area contributed by atoms with Gasteiger partial charge >= 0.3 is 12.1 Å². The molecule has 0 bridgehead atoms. The van der Waals surface area contributed by atoms with Crippen molar-refractivity contribution < 1.29 is 19.1 Å². The van der Waals surface area contributed by atoms with Gasteiger partial charge in [0.1, 0.15) is 13.2 Å². The molecule has 0 spiro atoms. The van der Waals surface area contributed by atoms with E-state index in [4.69, 9.17) is 9.47 Å². The van der Waals surface area contributed by atoms with E-state index in [0.29, 0.717) is 24.0 Å². The zero-order valence-corrected chi connectivity index (χ0v) is 13.3. The minimum Gasteiger partial charge on any atom is -0.459 e. The lowest BCUT2D eigenvalue weighted by Crippen LogP contribution is -2.32. The van der Waals surface area contributed by atoms with E-state index in [1.807, 2.05) is 0 Å². The van der Waals surface area contributed by atoms with E-state index in [1.165, 1.54) is 6.42 Å². The van der Waals surface area contributed by atoms with Crippen LogP contribution in [-0.4, -0.2) is 31.8 Å². The van der Waals surface area contributed by atoms with Crippen molar-refractivity contribution >= 4 is 12.1 Å². The zero-order valence-electron chi connectivity index (χ0n) is 13.3. The van der Waals surface area contributed by atoms with E-state index in [0.717, 1.165) is 18.8 Å². The number of hydrogen-bond acceptors (Lipinski definition) is 4. The molecule has 3 atom stereocenters. The summed E-state index contributed by atoms with van der Waals surface area (Å²) in [6, 6.07) is 0. The lowest BCUT2D eigenvalue weighted by Gasteiger charge is -2.18. The summed E-state index contributed by atoms with van der Waals surface area (Å²) in [5.41, 5.74) is 0.334. The summed E-state index contributed by atoms with van der Waals surface area (Å²) in [6.07, 6.45) is 3.11. The molecule has 5 nitrogen and oxygen atoms in total. The second kappa shape index (κ2) is 8.70. The van der Waals surface area contributed by atoms with Crippen LogP contribution in [0.1, 0.15) is 40.0 Å². The number of nitrogens with one attached hydrogen (secondary N) is 1. The molecule has 1 rings (SSSR count). The molecule has 0 aromatic heterocycles. The standard InChI is InChI=1S/C16H27NO4/c1-5-13-8-12(4)9-14(13)10-17-16(19)21-7-6-20-15(18)11(2)3/h12-14H,2,5-10H2,1,3-4H3,(H,17,19). The highest BCUT2D eigenvalue weighted by atomic mass is 16.6. The third kappa shape index (κ3) is 6.19. The van der Waals surface area contributed by atoms with Gasteiger partial charge in [-0.2, -0.15) is 0 Å². The van der Waals surface area contributed by atoms with E-state index >= 15 is 0 Å². The summed E-state index contributed by atoms with van der Waals surface area (Å²) in [6.45, 7) is 10.3. The molecule has 0 heterocycles. The van der Waals surface area contributed by atoms with Crippen molar-refractivity contribution in [2.24, 2.45) is 17.8 Å². The van der Waals surface area contributed by atoms with Crippen LogP contribution in [0.5, 0.6) is 0 Å². The molecular formula is C16H27NO4. The van der Waals surface area contributed by atoms with Gasteiger partial charge in [0.05, 0.1) is 0 Å². The fraction of sp³-hybridized carbons (Fsp3) is 0.750. The molecule has 1 fully saturated rings. The summed E-state index contributed by atoms with van der Waals surface area (Å²) in [5.74, 6) is 1.50. The number of ether oxygens (including phenoxy) is 2. The van der Waals surface area contributed by atoms with Gasteiger partial charge in [-0.1, -0.05) is 26.8 Å². The summed E-state index contributed by atoms with van der Waals surface area (Å²) in [7, 11) is 0. The summed E-state index contributed by atoms with van der Waals surface area (Å²) in [4.78, 5) is 22.7. The first-order valence-electron chi connectivity index (χ1n) is 7.67. The van der Waals surface area contributed by atoms with Gasteiger partial charge in [-0.3, -0.25) is 0 Å². The van der Waals surface area contributed by atoms with E-state index in [2.05, 4.69) is 25.7 Å². The van der Waals surface area contributed by atoms with Crippen molar-refractivity contribution in [3.05, 3.63) is 12.2 Å². The van der Waals surface area contributed by atoms with Gasteiger partial charge in [0.15, 0.2) is 0 Å². The Morgan fingerprint density at radius 3 is 2.43 bits per heavy atom. The van der Waals surface area contributed by atoms with E-state index in [9.17, 15) is 9.59 Å². The molecule has 0 aromatic rings. The third-order valence-electron chi connectivity index (χ3n) is 4.01. The van der Waals surface area contributed by atoms with Crippen LogP contribution in [0.15, 0.2) is 12.2 Å². The number of esters is 1. The van der Waals surface area contributed by atoms with Crippen LogP contribution in [0.4, 0.5) is 4.79 Å². The Morgan fingerprint density at radius 2 is 1.81 bits per heavy atom. The number of hydrogen-bond donors (Lipinski definition) is 1. The zero-order chi connectivity index (χ0) is 15.8. The second-order valence-electron chi connectivity index (χ2n) is 5.94. The summed E-state index contributed by atoms with van der Waals surface area (Å²) >= 11 is 0. The average Bonchev–Trinajstić information content (AvgIpc) is 2.81. The molecule has 1 amide bonds. The lowest BCUT2D eigenvalue weighted by atomic mass is 9.94. The van der Waals surface area contributed by atoms with Crippen LogP contribution in [0.25, 0.3) is 0 Å². The van der Waals surface area contributed by atoms with Crippen molar-refractivity contribution in [3.8, 4) is 0 Å². The highest BCUT2D eigenvalue weighted by Crippen LogP contribution is 2.37. The second-order valence-corrected chi connectivity index (χ2v) is 5.94. The van der Waals surface area contributed by atoms with Crippen molar-refractivity contribution in [3.63, 3.8) is 0 Å². The molecule has 0 aliphatic heterocycles. The van der Waals surface area contributed by atoms with Crippen LogP contribution in [0.3, 0.4) is 0 Å². The van der Waals surface area contributed by atoms with Crippen LogP contribution < -0.4 is 5.32 Å². The number of carbonyl (C=O) groups is 2. The minimum absolute atomic E-state index is 0.0527.